The molecule has 0 aromatic rings. The molecule has 1 rings (SSSR count). The van der Waals surface area contributed by atoms with Crippen molar-refractivity contribution in [1.82, 2.24) is 30.2 Å². The standard InChI is InChI=1S/C25H43N7O11.2C2H6/c1-16(33)24(17(2)34)28-25(43)18(11-19(26)35)27-20(36)12-29-3-5-30(13-21(37)38)7-9-32(15-23(41)42)10-8-31(6-4-29)14-22(39)40;2*1-2/h16,18,24,33H,3-15H2,1-2H3,(H2,26,35)(H,27,36)(H,28,43)(H,37,38)(H,39,40)(H,41,42);2*1-2H3. The van der Waals surface area contributed by atoms with Crippen molar-refractivity contribution in [1.29, 1.82) is 0 Å². The van der Waals surface area contributed by atoms with Crippen LogP contribution in [0, 0.1) is 0 Å². The second kappa shape index (κ2) is 25.4. The average molecular weight is 678 g/mol. The molecule has 1 aliphatic heterocycles. The van der Waals surface area contributed by atoms with E-state index in [1.807, 2.05) is 27.7 Å². The van der Waals surface area contributed by atoms with E-state index in [9.17, 15) is 54.0 Å². The minimum absolute atomic E-state index is 0.154. The Balaban J connectivity index is 0. The highest BCUT2D eigenvalue weighted by Crippen LogP contribution is 2.03. The number of ketones is 1. The molecule has 1 aliphatic rings. The third-order valence-corrected chi connectivity index (χ3v) is 6.65. The normalized spacial score (nSPS) is 17.3. The second-order valence-corrected chi connectivity index (χ2v) is 10.4. The van der Waals surface area contributed by atoms with Crippen molar-refractivity contribution in [3.63, 3.8) is 0 Å². The monoisotopic (exact) mass is 677 g/mol. The van der Waals surface area contributed by atoms with Crippen LogP contribution in [0.2, 0.25) is 0 Å². The number of amides is 3. The summed E-state index contributed by atoms with van der Waals surface area (Å²) in [5.41, 5.74) is 5.25. The Morgan fingerprint density at radius 2 is 0.957 bits per heavy atom. The molecule has 0 aromatic heterocycles. The summed E-state index contributed by atoms with van der Waals surface area (Å²) in [6.45, 7) is 10.6. The van der Waals surface area contributed by atoms with Crippen LogP contribution in [0.1, 0.15) is 48.0 Å². The molecule has 0 saturated carbocycles. The van der Waals surface area contributed by atoms with E-state index < -0.39 is 66.0 Å². The van der Waals surface area contributed by atoms with Gasteiger partial charge in [0, 0.05) is 52.4 Å². The maximum atomic E-state index is 13.0. The molecule has 1 fully saturated rings. The van der Waals surface area contributed by atoms with E-state index in [1.54, 1.807) is 19.6 Å². The minimum atomic E-state index is -1.45. The van der Waals surface area contributed by atoms with Gasteiger partial charge in [0.2, 0.25) is 17.7 Å². The van der Waals surface area contributed by atoms with Gasteiger partial charge in [-0.25, -0.2) is 0 Å². The number of carboxylic acids is 3. The molecule has 8 N–H and O–H groups in total. The van der Waals surface area contributed by atoms with Crippen LogP contribution in [0.15, 0.2) is 0 Å². The smallest absolute Gasteiger partial charge is 0.317 e. The molecule has 18 heteroatoms. The van der Waals surface area contributed by atoms with E-state index in [1.165, 1.54) is 6.92 Å². The molecule has 0 aromatic carbocycles. The van der Waals surface area contributed by atoms with Gasteiger partial charge >= 0.3 is 17.9 Å². The van der Waals surface area contributed by atoms with Gasteiger partial charge in [-0.3, -0.25) is 53.2 Å². The first-order valence-corrected chi connectivity index (χ1v) is 15.7. The number of carbonyl (C=O) groups is 7. The summed E-state index contributed by atoms with van der Waals surface area (Å²) in [5.74, 6) is -6.35. The van der Waals surface area contributed by atoms with Crippen LogP contribution >= 0.6 is 0 Å². The fourth-order valence-corrected chi connectivity index (χ4v) is 4.45. The number of aliphatic hydroxyl groups is 1. The molecule has 3 unspecified atom stereocenters. The topological polar surface area (TPSA) is 263 Å². The highest BCUT2D eigenvalue weighted by Gasteiger charge is 2.29. The number of hydrogen-bond acceptors (Lipinski definition) is 12. The van der Waals surface area contributed by atoms with Gasteiger partial charge in [-0.2, -0.15) is 0 Å². The number of carboxylic acid groups (broad SMARTS) is 3. The van der Waals surface area contributed by atoms with Gasteiger partial charge in [-0.05, 0) is 13.8 Å². The molecule has 3 amide bonds. The van der Waals surface area contributed by atoms with Gasteiger partial charge in [-0.15, -0.1) is 0 Å². The Hall–Kier alpha value is -3.71. The minimum Gasteiger partial charge on any atom is -0.480 e. The predicted octanol–water partition coefficient (Wildman–Crippen LogP) is -2.67. The van der Waals surface area contributed by atoms with Gasteiger partial charge in [0.25, 0.3) is 0 Å². The number of aliphatic carboxylic acids is 3. The summed E-state index contributed by atoms with van der Waals surface area (Å²) < 4.78 is 0. The number of carbonyl (C=O) groups excluding carboxylic acids is 4. The van der Waals surface area contributed by atoms with Crippen molar-refractivity contribution in [2.75, 3.05) is 78.5 Å². The third-order valence-electron chi connectivity index (χ3n) is 6.65. The lowest BCUT2D eigenvalue weighted by atomic mass is 10.1. The zero-order chi connectivity index (χ0) is 36.7. The van der Waals surface area contributed by atoms with Crippen LogP contribution in [0.3, 0.4) is 0 Å². The number of nitrogens with two attached hydrogens (primary N) is 1. The zero-order valence-electron chi connectivity index (χ0n) is 28.4. The molecule has 0 aliphatic carbocycles. The summed E-state index contributed by atoms with van der Waals surface area (Å²) >= 11 is 0. The number of hydrogen-bond donors (Lipinski definition) is 7. The number of Topliss-reactive ketones (excluding diaryl/α,β-unsaturated/α-hetero) is 1. The number of aliphatic hydroxyl groups excluding tert-OH is 1. The SMILES string of the molecule is CC.CC.CC(=O)C(NC(=O)C(CC(N)=O)NC(=O)CN1CCN(CC(=O)O)CCN(CC(=O)O)CCN(CC(=O)O)CC1)C(C)O. The van der Waals surface area contributed by atoms with E-state index in [-0.39, 0.29) is 78.5 Å². The van der Waals surface area contributed by atoms with Gasteiger partial charge in [-0.1, -0.05) is 27.7 Å². The van der Waals surface area contributed by atoms with Crippen LogP contribution in [0.5, 0.6) is 0 Å². The molecule has 18 nitrogen and oxygen atoms in total. The van der Waals surface area contributed by atoms with Crippen molar-refractivity contribution < 1.29 is 54.0 Å². The molecule has 0 radical (unpaired) electrons. The van der Waals surface area contributed by atoms with E-state index in [0.717, 1.165) is 6.92 Å². The summed E-state index contributed by atoms with van der Waals surface area (Å²) in [7, 11) is 0. The van der Waals surface area contributed by atoms with E-state index in [0.29, 0.717) is 0 Å². The molecule has 1 heterocycles. The maximum absolute atomic E-state index is 13.0. The number of rotatable bonds is 15. The predicted molar refractivity (Wildman–Crippen MR) is 171 cm³/mol. The van der Waals surface area contributed by atoms with Crippen LogP contribution in [0.4, 0.5) is 0 Å². The number of nitrogens with one attached hydrogen (secondary N) is 2. The lowest BCUT2D eigenvalue weighted by Crippen LogP contribution is -2.56. The molecular formula is C29H55N7O11. The maximum Gasteiger partial charge on any atom is 0.317 e. The first-order chi connectivity index (χ1) is 22.1. The lowest BCUT2D eigenvalue weighted by Gasteiger charge is -2.33. The second-order valence-electron chi connectivity index (χ2n) is 10.4. The Kier molecular flexibility index (Phi) is 24.5. The van der Waals surface area contributed by atoms with E-state index in [4.69, 9.17) is 5.73 Å². The lowest BCUT2D eigenvalue weighted by molar-refractivity contribution is -0.140. The van der Waals surface area contributed by atoms with Crippen molar-refractivity contribution in [3.05, 3.63) is 0 Å². The highest BCUT2D eigenvalue weighted by molar-refractivity contribution is 5.95. The molecule has 47 heavy (non-hydrogen) atoms. The number of primary amides is 1. The van der Waals surface area contributed by atoms with E-state index in [2.05, 4.69) is 10.6 Å². The van der Waals surface area contributed by atoms with Crippen molar-refractivity contribution >= 4 is 41.4 Å². The van der Waals surface area contributed by atoms with Gasteiger partial charge in [0.1, 0.15) is 12.1 Å². The first-order valence-electron chi connectivity index (χ1n) is 15.7. The van der Waals surface area contributed by atoms with Crippen molar-refractivity contribution in [2.45, 2.75) is 66.2 Å². The summed E-state index contributed by atoms with van der Waals surface area (Å²) in [5, 5.41) is 42.5. The highest BCUT2D eigenvalue weighted by atomic mass is 16.4. The molecule has 1 saturated heterocycles. The first kappa shape index (κ1) is 45.4. The quantitative estimate of drug-likeness (QED) is 0.0932. The van der Waals surface area contributed by atoms with Gasteiger partial charge in [0.15, 0.2) is 5.78 Å². The third kappa shape index (κ3) is 21.7. The Bertz CT molecular complexity index is 981. The number of nitrogens with zero attached hydrogens (tertiary/aromatic N) is 4. The van der Waals surface area contributed by atoms with Crippen molar-refractivity contribution in [2.24, 2.45) is 5.73 Å². The zero-order valence-corrected chi connectivity index (χ0v) is 28.4. The van der Waals surface area contributed by atoms with Crippen LogP contribution in [-0.2, 0) is 33.6 Å². The van der Waals surface area contributed by atoms with Crippen LogP contribution in [0.25, 0.3) is 0 Å². The fourth-order valence-electron chi connectivity index (χ4n) is 4.45. The Morgan fingerprint density at radius 3 is 1.21 bits per heavy atom. The Morgan fingerprint density at radius 1 is 0.638 bits per heavy atom. The van der Waals surface area contributed by atoms with Crippen molar-refractivity contribution in [3.8, 4) is 0 Å². The molecule has 0 bridgehead atoms. The summed E-state index contributed by atoms with van der Waals surface area (Å²) in [6.07, 6.45) is -1.83. The van der Waals surface area contributed by atoms with Gasteiger partial charge in [0.05, 0.1) is 38.7 Å². The largest absolute Gasteiger partial charge is 0.480 e. The Labute approximate surface area is 276 Å². The summed E-state index contributed by atoms with van der Waals surface area (Å²) in [4.78, 5) is 89.8. The van der Waals surface area contributed by atoms with E-state index >= 15 is 0 Å². The van der Waals surface area contributed by atoms with Gasteiger partial charge < -0.3 is 36.8 Å². The fraction of sp³-hybridized carbons (Fsp3) is 0.759. The molecule has 3 atom stereocenters. The molecule has 272 valence electrons. The molecule has 0 spiro atoms. The summed E-state index contributed by atoms with van der Waals surface area (Å²) in [6, 6.07) is -2.73. The average Bonchev–Trinajstić information content (AvgIpc) is 2.97. The van der Waals surface area contributed by atoms with Crippen LogP contribution in [-0.4, -0.2) is 178 Å². The molecular weight excluding hydrogens is 622 g/mol. The van der Waals surface area contributed by atoms with Crippen LogP contribution < -0.4 is 16.4 Å².